The molecule has 0 aliphatic heterocycles. The molecule has 1 aromatic rings. The van der Waals surface area contributed by atoms with Crippen LogP contribution in [-0.2, 0) is 6.42 Å². The molecule has 0 amide bonds. The Morgan fingerprint density at radius 2 is 1.79 bits per heavy atom. The van der Waals surface area contributed by atoms with E-state index in [1.807, 2.05) is 6.55 Å². The van der Waals surface area contributed by atoms with Crippen molar-refractivity contribution in [2.75, 3.05) is 0 Å². The quantitative estimate of drug-likeness (QED) is 0.546. The molecule has 0 aromatic heterocycles. The number of benzene rings is 1. The minimum absolute atomic E-state index is 0.964. The van der Waals surface area contributed by atoms with Crippen molar-refractivity contribution in [3.05, 3.63) is 34.3 Å². The molecule has 14 heavy (non-hydrogen) atoms. The van der Waals surface area contributed by atoms with Crippen molar-refractivity contribution in [2.24, 2.45) is 0 Å². The fraction of sp³-hybridized carbons (Fsp3) is 0.400. The maximum absolute atomic E-state index is 6.02. The lowest BCUT2D eigenvalue weighted by Crippen LogP contribution is -2.11. The van der Waals surface area contributed by atoms with Crippen LogP contribution in [0, 0.1) is 0 Å². The lowest BCUT2D eigenvalue weighted by Gasteiger charge is -2.09. The Balaban J connectivity index is 2.35. The minimum Gasteiger partial charge on any atom is -0.146 e. The van der Waals surface area contributed by atoms with Crippen LogP contribution in [0.1, 0.15) is 12.0 Å². The van der Waals surface area contributed by atoms with Gasteiger partial charge in [0, 0.05) is 4.47 Å². The van der Waals surface area contributed by atoms with Crippen LogP contribution in [0.5, 0.6) is 0 Å². The Hall–Kier alpha value is 0.497. The normalized spacial score (nSPS) is 11.7. The topological polar surface area (TPSA) is 0 Å². The van der Waals surface area contributed by atoms with Gasteiger partial charge in [0.25, 0.3) is 0 Å². The Morgan fingerprint density at radius 1 is 1.21 bits per heavy atom. The lowest BCUT2D eigenvalue weighted by molar-refractivity contribution is 0.911. The van der Waals surface area contributed by atoms with Gasteiger partial charge in [-0.1, -0.05) is 28.1 Å². The monoisotopic (exact) mass is 310 g/mol. The molecule has 1 rings (SSSR count). The number of aryl methyl sites for hydroxylation is 1. The van der Waals surface area contributed by atoms with Gasteiger partial charge in [0.15, 0.2) is 0 Å². The molecule has 0 aliphatic carbocycles. The standard InChI is InChI=1S/C10H13BrCl2Si/c1-14(12,13)8-2-3-9-4-6-10(11)7-5-9/h4-7H,2-3,8H2,1H3. The molecule has 0 spiro atoms. The van der Waals surface area contributed by atoms with Gasteiger partial charge < -0.3 is 0 Å². The molecule has 0 saturated heterocycles. The van der Waals surface area contributed by atoms with Crippen molar-refractivity contribution >= 4 is 44.8 Å². The molecule has 78 valence electrons. The van der Waals surface area contributed by atoms with E-state index in [1.54, 1.807) is 0 Å². The van der Waals surface area contributed by atoms with Crippen molar-refractivity contribution in [2.45, 2.75) is 25.4 Å². The molecule has 4 heteroatoms. The summed E-state index contributed by atoms with van der Waals surface area (Å²) in [7, 11) is 0. The second kappa shape index (κ2) is 5.55. The van der Waals surface area contributed by atoms with E-state index in [0.717, 1.165) is 23.4 Å². The molecular weight excluding hydrogens is 299 g/mol. The highest BCUT2D eigenvalue weighted by Crippen LogP contribution is 2.23. The summed E-state index contributed by atoms with van der Waals surface area (Å²) in [5.41, 5.74) is 1.35. The molecule has 1 aromatic carbocycles. The average Bonchev–Trinajstić information content (AvgIpc) is 2.06. The van der Waals surface area contributed by atoms with Crippen LogP contribution in [0.2, 0.25) is 12.6 Å². The van der Waals surface area contributed by atoms with Gasteiger partial charge >= 0.3 is 0 Å². The summed E-state index contributed by atoms with van der Waals surface area (Å²) in [5.74, 6) is 0. The molecule has 0 atom stereocenters. The smallest absolute Gasteiger partial charge is 0.146 e. The van der Waals surface area contributed by atoms with Crippen molar-refractivity contribution < 1.29 is 0 Å². The van der Waals surface area contributed by atoms with Gasteiger partial charge in [0.05, 0.1) is 0 Å². The first kappa shape index (κ1) is 12.6. The van der Waals surface area contributed by atoms with E-state index in [-0.39, 0.29) is 0 Å². The first-order valence-corrected chi connectivity index (χ1v) is 10.1. The molecule has 0 N–H and O–H groups in total. The Kier molecular flexibility index (Phi) is 4.98. The molecule has 0 radical (unpaired) electrons. The zero-order chi connectivity index (χ0) is 10.6. The van der Waals surface area contributed by atoms with E-state index in [0.29, 0.717) is 0 Å². The van der Waals surface area contributed by atoms with Gasteiger partial charge in [0.1, 0.15) is 0 Å². The largest absolute Gasteiger partial charge is 0.248 e. The Morgan fingerprint density at radius 3 is 2.29 bits per heavy atom. The number of halogens is 3. The predicted octanol–water partition coefficient (Wildman–Crippen LogP) is 4.93. The minimum atomic E-state index is -1.89. The fourth-order valence-electron chi connectivity index (χ4n) is 1.25. The van der Waals surface area contributed by atoms with E-state index in [2.05, 4.69) is 40.2 Å². The summed E-state index contributed by atoms with van der Waals surface area (Å²) in [6.45, 7) is 0.0831. The summed E-state index contributed by atoms with van der Waals surface area (Å²) < 4.78 is 1.12. The molecule has 0 nitrogen and oxygen atoms in total. The molecular formula is C10H13BrCl2Si. The maximum atomic E-state index is 6.02. The predicted molar refractivity (Wildman–Crippen MR) is 70.6 cm³/mol. The van der Waals surface area contributed by atoms with E-state index >= 15 is 0 Å². The molecule has 0 aliphatic rings. The van der Waals surface area contributed by atoms with E-state index in [9.17, 15) is 0 Å². The van der Waals surface area contributed by atoms with E-state index in [4.69, 9.17) is 22.2 Å². The average molecular weight is 312 g/mol. The van der Waals surface area contributed by atoms with Crippen LogP contribution in [0.15, 0.2) is 28.7 Å². The van der Waals surface area contributed by atoms with Crippen LogP contribution < -0.4 is 0 Å². The van der Waals surface area contributed by atoms with Crippen LogP contribution in [0.25, 0.3) is 0 Å². The van der Waals surface area contributed by atoms with Gasteiger partial charge in [-0.3, -0.25) is 0 Å². The first-order valence-electron chi connectivity index (χ1n) is 4.60. The van der Waals surface area contributed by atoms with Crippen molar-refractivity contribution in [1.29, 1.82) is 0 Å². The van der Waals surface area contributed by atoms with Gasteiger partial charge in [-0.2, -0.15) is 0 Å². The van der Waals surface area contributed by atoms with Gasteiger partial charge in [0.2, 0.25) is 6.69 Å². The van der Waals surface area contributed by atoms with Crippen molar-refractivity contribution in [3.63, 3.8) is 0 Å². The van der Waals surface area contributed by atoms with Crippen LogP contribution >= 0.6 is 38.1 Å². The van der Waals surface area contributed by atoms with E-state index in [1.165, 1.54) is 5.56 Å². The van der Waals surface area contributed by atoms with Crippen LogP contribution in [0.3, 0.4) is 0 Å². The highest BCUT2D eigenvalue weighted by Gasteiger charge is 2.19. The third-order valence-electron chi connectivity index (χ3n) is 1.99. The van der Waals surface area contributed by atoms with Crippen LogP contribution in [0.4, 0.5) is 0 Å². The van der Waals surface area contributed by atoms with E-state index < -0.39 is 6.69 Å². The fourth-order valence-corrected chi connectivity index (χ4v) is 3.12. The molecule has 0 heterocycles. The maximum Gasteiger partial charge on any atom is 0.248 e. The summed E-state index contributed by atoms with van der Waals surface area (Å²) in [5, 5.41) is 0. The first-order chi connectivity index (χ1) is 6.47. The second-order valence-electron chi connectivity index (χ2n) is 3.55. The zero-order valence-electron chi connectivity index (χ0n) is 8.06. The van der Waals surface area contributed by atoms with Gasteiger partial charge in [-0.05, 0) is 43.1 Å². The summed E-state index contributed by atoms with van der Waals surface area (Å²) in [6.07, 6.45) is 2.15. The highest BCUT2D eigenvalue weighted by atomic mass is 79.9. The molecule has 0 bridgehead atoms. The number of rotatable bonds is 4. The highest BCUT2D eigenvalue weighted by molar-refractivity contribution is 9.10. The molecule has 0 fully saturated rings. The SMILES string of the molecule is C[Si](Cl)(Cl)CCCc1ccc(Br)cc1. The Bertz CT molecular complexity index is 279. The summed E-state index contributed by atoms with van der Waals surface area (Å²) in [4.78, 5) is 0. The van der Waals surface area contributed by atoms with Crippen LogP contribution in [-0.4, -0.2) is 6.69 Å². The number of hydrogen-bond donors (Lipinski definition) is 0. The molecule has 0 saturated carbocycles. The summed E-state index contributed by atoms with van der Waals surface area (Å²) >= 11 is 15.5. The zero-order valence-corrected chi connectivity index (χ0v) is 12.2. The van der Waals surface area contributed by atoms with Gasteiger partial charge in [-0.15, -0.1) is 22.2 Å². The summed E-state index contributed by atoms with van der Waals surface area (Å²) in [6, 6.07) is 9.35. The second-order valence-corrected chi connectivity index (χ2v) is 12.7. The third-order valence-corrected chi connectivity index (χ3v) is 4.89. The number of hydrogen-bond acceptors (Lipinski definition) is 0. The third kappa shape index (κ3) is 5.40. The Labute approximate surface area is 104 Å². The van der Waals surface area contributed by atoms with Gasteiger partial charge in [-0.25, -0.2) is 0 Å². The lowest BCUT2D eigenvalue weighted by atomic mass is 10.1. The van der Waals surface area contributed by atoms with Crippen molar-refractivity contribution in [1.82, 2.24) is 0 Å². The van der Waals surface area contributed by atoms with Crippen molar-refractivity contribution in [3.8, 4) is 0 Å². The molecule has 0 unspecified atom stereocenters.